The van der Waals surface area contributed by atoms with E-state index in [2.05, 4.69) is 37.7 Å². The first-order valence-corrected chi connectivity index (χ1v) is 11.1. The van der Waals surface area contributed by atoms with Crippen molar-refractivity contribution in [1.29, 1.82) is 0 Å². The number of carbonyl (C=O) groups excluding carboxylic acids is 1. The van der Waals surface area contributed by atoms with E-state index in [1.807, 2.05) is 31.0 Å². The van der Waals surface area contributed by atoms with Crippen LogP contribution in [-0.2, 0) is 29.2 Å². The highest BCUT2D eigenvalue weighted by Gasteiger charge is 2.21. The fourth-order valence-electron chi connectivity index (χ4n) is 3.52. The van der Waals surface area contributed by atoms with E-state index in [0.29, 0.717) is 26.1 Å². The zero-order chi connectivity index (χ0) is 21.5. The minimum Gasteiger partial charge on any atom is -0.375 e. The summed E-state index contributed by atoms with van der Waals surface area (Å²) in [4.78, 5) is 25.1. The van der Waals surface area contributed by atoms with Crippen molar-refractivity contribution < 1.29 is 9.53 Å². The number of nitrogens with zero attached hydrogens (tertiary/aromatic N) is 4. The minimum atomic E-state index is 0. The summed E-state index contributed by atoms with van der Waals surface area (Å²) < 4.78 is 5.35. The lowest BCUT2D eigenvalue weighted by molar-refractivity contribution is -0.128. The average molecular weight is 558 g/mol. The molecule has 0 spiro atoms. The zero-order valence-corrected chi connectivity index (χ0v) is 21.8. The molecule has 1 atom stereocenters. The summed E-state index contributed by atoms with van der Waals surface area (Å²) in [6.07, 6.45) is 1.63. The number of guanidine groups is 1. The van der Waals surface area contributed by atoms with Crippen molar-refractivity contribution in [3.63, 3.8) is 0 Å². The van der Waals surface area contributed by atoms with Gasteiger partial charge in [-0.1, -0.05) is 24.3 Å². The number of hydrogen-bond donors (Lipinski definition) is 1. The lowest BCUT2D eigenvalue weighted by Crippen LogP contribution is -2.38. The molecule has 1 saturated heterocycles. The number of aliphatic imine (C=N–C) groups is 1. The van der Waals surface area contributed by atoms with Gasteiger partial charge in [-0.05, 0) is 24.5 Å². The molecule has 9 heteroatoms. The number of aromatic nitrogens is 1. The topological polar surface area (TPSA) is 70.1 Å². The summed E-state index contributed by atoms with van der Waals surface area (Å²) in [7, 11) is 5.48. The summed E-state index contributed by atoms with van der Waals surface area (Å²) >= 11 is 1.62. The van der Waals surface area contributed by atoms with E-state index < -0.39 is 0 Å². The van der Waals surface area contributed by atoms with Gasteiger partial charge >= 0.3 is 0 Å². The fourth-order valence-corrected chi connectivity index (χ4v) is 4.36. The fraction of sp³-hybridized carbons (Fsp3) is 0.500. The Balaban J connectivity index is 0.00000341. The van der Waals surface area contributed by atoms with Gasteiger partial charge in [0.05, 0.1) is 12.2 Å². The van der Waals surface area contributed by atoms with Crippen molar-refractivity contribution in [2.75, 3.05) is 27.7 Å². The Morgan fingerprint density at radius 2 is 2.13 bits per heavy atom. The monoisotopic (exact) mass is 557 g/mol. The van der Waals surface area contributed by atoms with Crippen molar-refractivity contribution in [1.82, 2.24) is 20.1 Å². The molecule has 1 amide bonds. The number of amides is 1. The third-order valence-corrected chi connectivity index (χ3v) is 6.39. The Morgan fingerprint density at radius 3 is 2.77 bits per heavy atom. The van der Waals surface area contributed by atoms with E-state index in [0.717, 1.165) is 29.6 Å². The Labute approximate surface area is 205 Å². The molecule has 0 aliphatic carbocycles. The van der Waals surface area contributed by atoms with Crippen LogP contribution in [-0.4, -0.2) is 54.4 Å². The Kier molecular flexibility index (Phi) is 10.2. The second-order valence-corrected chi connectivity index (χ2v) is 8.39. The zero-order valence-electron chi connectivity index (χ0n) is 18.6. The number of ether oxygens (including phenoxy) is 1. The van der Waals surface area contributed by atoms with E-state index in [4.69, 9.17) is 4.74 Å². The van der Waals surface area contributed by atoms with E-state index in [1.165, 1.54) is 11.1 Å². The summed E-state index contributed by atoms with van der Waals surface area (Å²) in [5.41, 5.74) is 3.35. The first-order chi connectivity index (χ1) is 14.5. The van der Waals surface area contributed by atoms with Crippen LogP contribution in [0.1, 0.15) is 47.7 Å². The van der Waals surface area contributed by atoms with Crippen LogP contribution in [0.5, 0.6) is 0 Å². The van der Waals surface area contributed by atoms with E-state index >= 15 is 0 Å². The summed E-state index contributed by atoms with van der Waals surface area (Å²) in [6.45, 7) is 4.83. The third-order valence-electron chi connectivity index (χ3n) is 5.33. The number of likely N-dealkylation sites (tertiary alicyclic amines) is 1. The van der Waals surface area contributed by atoms with Gasteiger partial charge in [0.1, 0.15) is 11.1 Å². The van der Waals surface area contributed by atoms with Gasteiger partial charge in [0, 0.05) is 52.6 Å². The molecule has 1 aromatic carbocycles. The molecule has 7 nitrogen and oxygen atoms in total. The van der Waals surface area contributed by atoms with Crippen LogP contribution in [0.15, 0.2) is 34.6 Å². The normalized spacial score (nSPS) is 15.0. The highest BCUT2D eigenvalue weighted by molar-refractivity contribution is 14.0. The number of carbonyl (C=O) groups is 1. The minimum absolute atomic E-state index is 0. The maximum absolute atomic E-state index is 12.0. The number of nitrogens with one attached hydrogen (secondary N) is 1. The molecule has 2 heterocycles. The summed E-state index contributed by atoms with van der Waals surface area (Å²) in [5, 5.41) is 6.49. The Bertz CT molecular complexity index is 888. The number of rotatable bonds is 8. The van der Waals surface area contributed by atoms with E-state index in [1.54, 1.807) is 25.5 Å². The van der Waals surface area contributed by atoms with Crippen LogP contribution in [0.4, 0.5) is 0 Å². The molecule has 0 radical (unpaired) electrons. The molecule has 170 valence electrons. The molecule has 1 N–H and O–H groups in total. The van der Waals surface area contributed by atoms with Crippen LogP contribution >= 0.6 is 35.3 Å². The van der Waals surface area contributed by atoms with Gasteiger partial charge < -0.3 is 19.9 Å². The standard InChI is InChI=1S/C22H31N5O2S.HI/c1-16(29-4)21-25-19(15-30-21)14-26(3)22(23-2)24-12-17-8-5-6-9-18(17)13-27-11-7-10-20(27)28;/h5-6,8-9,15-16H,7,10-14H2,1-4H3,(H,23,24);1H. The first kappa shape index (κ1) is 25.5. The van der Waals surface area contributed by atoms with Crippen LogP contribution in [0.2, 0.25) is 0 Å². The molecular formula is C22H32IN5O2S. The summed E-state index contributed by atoms with van der Waals surface area (Å²) in [6, 6.07) is 8.27. The van der Waals surface area contributed by atoms with Crippen molar-refractivity contribution in [2.24, 2.45) is 4.99 Å². The van der Waals surface area contributed by atoms with Gasteiger partial charge in [-0.15, -0.1) is 35.3 Å². The number of benzene rings is 1. The molecule has 1 unspecified atom stereocenters. The smallest absolute Gasteiger partial charge is 0.222 e. The number of thiazole rings is 1. The molecule has 1 aromatic heterocycles. The van der Waals surface area contributed by atoms with E-state index in [9.17, 15) is 4.79 Å². The van der Waals surface area contributed by atoms with Gasteiger partial charge in [-0.2, -0.15) is 0 Å². The molecule has 1 aliphatic heterocycles. The second-order valence-electron chi connectivity index (χ2n) is 7.50. The van der Waals surface area contributed by atoms with Crippen molar-refractivity contribution in [2.45, 2.75) is 45.5 Å². The quantitative estimate of drug-likeness (QED) is 0.304. The van der Waals surface area contributed by atoms with Gasteiger partial charge in [0.25, 0.3) is 0 Å². The first-order valence-electron chi connectivity index (χ1n) is 10.2. The molecule has 0 bridgehead atoms. The maximum atomic E-state index is 12.0. The predicted octanol–water partition coefficient (Wildman–Crippen LogP) is 3.80. The molecule has 1 fully saturated rings. The molecule has 31 heavy (non-hydrogen) atoms. The van der Waals surface area contributed by atoms with Crippen molar-refractivity contribution in [3.8, 4) is 0 Å². The van der Waals surface area contributed by atoms with Crippen LogP contribution in [0, 0.1) is 0 Å². The van der Waals surface area contributed by atoms with Gasteiger partial charge in [0.15, 0.2) is 5.96 Å². The molecule has 0 saturated carbocycles. The van der Waals surface area contributed by atoms with Crippen LogP contribution < -0.4 is 5.32 Å². The predicted molar refractivity (Wildman–Crippen MR) is 136 cm³/mol. The van der Waals surface area contributed by atoms with Crippen molar-refractivity contribution in [3.05, 3.63) is 51.5 Å². The van der Waals surface area contributed by atoms with Crippen LogP contribution in [0.3, 0.4) is 0 Å². The average Bonchev–Trinajstić information content (AvgIpc) is 3.38. The number of methoxy groups -OCH3 is 1. The third kappa shape index (κ3) is 6.88. The van der Waals surface area contributed by atoms with Gasteiger partial charge in [0.2, 0.25) is 5.91 Å². The highest BCUT2D eigenvalue weighted by atomic mass is 127. The van der Waals surface area contributed by atoms with Gasteiger partial charge in [-0.3, -0.25) is 9.79 Å². The Morgan fingerprint density at radius 1 is 1.39 bits per heavy atom. The van der Waals surface area contributed by atoms with Crippen LogP contribution in [0.25, 0.3) is 0 Å². The second kappa shape index (κ2) is 12.4. The number of hydrogen-bond acceptors (Lipinski definition) is 5. The lowest BCUT2D eigenvalue weighted by Gasteiger charge is -2.23. The summed E-state index contributed by atoms with van der Waals surface area (Å²) in [5.74, 6) is 1.05. The largest absolute Gasteiger partial charge is 0.375 e. The highest BCUT2D eigenvalue weighted by Crippen LogP contribution is 2.21. The molecule has 3 rings (SSSR count). The molecule has 1 aliphatic rings. The number of halogens is 1. The van der Waals surface area contributed by atoms with Gasteiger partial charge in [-0.25, -0.2) is 4.98 Å². The molecule has 2 aromatic rings. The maximum Gasteiger partial charge on any atom is 0.222 e. The van der Waals surface area contributed by atoms with Crippen molar-refractivity contribution >= 4 is 47.2 Å². The van der Waals surface area contributed by atoms with E-state index in [-0.39, 0.29) is 36.0 Å². The molecular weight excluding hydrogens is 525 g/mol. The lowest BCUT2D eigenvalue weighted by atomic mass is 10.1. The Hall–Kier alpha value is -1.72. The SMILES string of the molecule is CN=C(NCc1ccccc1CN1CCCC1=O)N(C)Cc1csc(C(C)OC)n1.I.